The number of nitrogens with one attached hydrogen (secondary N) is 2. The van der Waals surface area contributed by atoms with Crippen LogP contribution in [-0.2, 0) is 18.4 Å². The van der Waals surface area contributed by atoms with Crippen LogP contribution < -0.4 is 10.6 Å². The molecule has 1 aliphatic rings. The predicted molar refractivity (Wildman–Crippen MR) is 69.0 cm³/mol. The molecule has 0 spiro atoms. The van der Waals surface area contributed by atoms with Crippen LogP contribution in [0.2, 0.25) is 0 Å². The van der Waals surface area contributed by atoms with Gasteiger partial charge < -0.3 is 10.6 Å². The summed E-state index contributed by atoms with van der Waals surface area (Å²) in [5, 5.41) is 10.4. The van der Waals surface area contributed by atoms with Crippen LogP contribution in [0.15, 0.2) is 12.3 Å². The van der Waals surface area contributed by atoms with Crippen molar-refractivity contribution in [2.45, 2.75) is 19.5 Å². The number of piperazine rings is 1. The molecule has 1 saturated heterocycles. The fourth-order valence-electron chi connectivity index (χ4n) is 2.12. The van der Waals surface area contributed by atoms with Crippen LogP contribution in [-0.4, -0.2) is 52.8 Å². The third-order valence-corrected chi connectivity index (χ3v) is 3.29. The van der Waals surface area contributed by atoms with Crippen molar-refractivity contribution in [2.24, 2.45) is 7.05 Å². The average Bonchev–Trinajstić information content (AvgIpc) is 2.82. The number of carbonyl (C=O) groups is 1. The molecule has 2 rings (SSSR count). The second-order valence-corrected chi connectivity index (χ2v) is 4.66. The molecule has 1 unspecified atom stereocenters. The standard InChI is InChI=1S/C12H21N5O/c1-10(17-7-4-13-5-8-17)12(18)14-9-11-3-6-16(2)15-11/h3,6,10,13H,4-5,7-9H2,1-2H3,(H,14,18). The first-order valence-corrected chi connectivity index (χ1v) is 6.38. The first-order chi connectivity index (χ1) is 8.66. The summed E-state index contributed by atoms with van der Waals surface area (Å²) in [6.07, 6.45) is 1.88. The van der Waals surface area contributed by atoms with Gasteiger partial charge in [-0.25, -0.2) is 0 Å². The topological polar surface area (TPSA) is 62.2 Å². The van der Waals surface area contributed by atoms with Crippen molar-refractivity contribution >= 4 is 5.91 Å². The van der Waals surface area contributed by atoms with E-state index in [1.165, 1.54) is 0 Å². The summed E-state index contributed by atoms with van der Waals surface area (Å²) in [5.41, 5.74) is 0.887. The fourth-order valence-corrected chi connectivity index (χ4v) is 2.12. The Morgan fingerprint density at radius 3 is 2.89 bits per heavy atom. The Morgan fingerprint density at radius 1 is 1.56 bits per heavy atom. The van der Waals surface area contributed by atoms with Crippen LogP contribution in [0.25, 0.3) is 0 Å². The van der Waals surface area contributed by atoms with Gasteiger partial charge in [0.15, 0.2) is 0 Å². The zero-order valence-electron chi connectivity index (χ0n) is 11.0. The van der Waals surface area contributed by atoms with E-state index in [-0.39, 0.29) is 11.9 Å². The Kier molecular flexibility index (Phi) is 4.33. The van der Waals surface area contributed by atoms with Crippen molar-refractivity contribution in [3.63, 3.8) is 0 Å². The molecule has 1 aliphatic heterocycles. The molecule has 6 heteroatoms. The van der Waals surface area contributed by atoms with Crippen molar-refractivity contribution in [1.29, 1.82) is 0 Å². The molecule has 2 N–H and O–H groups in total. The van der Waals surface area contributed by atoms with Gasteiger partial charge >= 0.3 is 0 Å². The van der Waals surface area contributed by atoms with Gasteiger partial charge in [-0.3, -0.25) is 14.4 Å². The highest BCUT2D eigenvalue weighted by molar-refractivity contribution is 5.81. The predicted octanol–water partition coefficient (Wildman–Crippen LogP) is -0.670. The molecular formula is C12H21N5O. The maximum Gasteiger partial charge on any atom is 0.237 e. The number of nitrogens with zero attached hydrogens (tertiary/aromatic N) is 3. The van der Waals surface area contributed by atoms with Crippen LogP contribution in [0, 0.1) is 0 Å². The van der Waals surface area contributed by atoms with Gasteiger partial charge in [0.2, 0.25) is 5.91 Å². The highest BCUT2D eigenvalue weighted by atomic mass is 16.2. The third kappa shape index (κ3) is 3.30. The molecule has 0 aliphatic carbocycles. The normalized spacial score (nSPS) is 18.6. The van der Waals surface area contributed by atoms with Crippen LogP contribution in [0.1, 0.15) is 12.6 Å². The molecule has 1 fully saturated rings. The number of rotatable bonds is 4. The Balaban J connectivity index is 1.79. The monoisotopic (exact) mass is 251 g/mol. The molecular weight excluding hydrogens is 230 g/mol. The van der Waals surface area contributed by atoms with Crippen LogP contribution in [0.3, 0.4) is 0 Å². The van der Waals surface area contributed by atoms with Gasteiger partial charge in [0.05, 0.1) is 18.3 Å². The zero-order chi connectivity index (χ0) is 13.0. The summed E-state index contributed by atoms with van der Waals surface area (Å²) < 4.78 is 1.74. The molecule has 0 bridgehead atoms. The van der Waals surface area contributed by atoms with Gasteiger partial charge in [0, 0.05) is 39.4 Å². The van der Waals surface area contributed by atoms with E-state index in [1.54, 1.807) is 4.68 Å². The van der Waals surface area contributed by atoms with Crippen molar-refractivity contribution in [3.05, 3.63) is 18.0 Å². The number of hydrogen-bond acceptors (Lipinski definition) is 4. The number of aromatic nitrogens is 2. The maximum absolute atomic E-state index is 12.0. The Labute approximate surface area is 107 Å². The minimum absolute atomic E-state index is 0.0718. The van der Waals surface area contributed by atoms with Gasteiger partial charge in [0.25, 0.3) is 0 Å². The fraction of sp³-hybridized carbons (Fsp3) is 0.667. The van der Waals surface area contributed by atoms with Gasteiger partial charge in [-0.15, -0.1) is 0 Å². The highest BCUT2D eigenvalue weighted by Crippen LogP contribution is 2.02. The Hall–Kier alpha value is -1.40. The number of aryl methyl sites for hydroxylation is 1. The molecule has 2 heterocycles. The summed E-state index contributed by atoms with van der Waals surface area (Å²) in [6.45, 7) is 6.22. The largest absolute Gasteiger partial charge is 0.349 e. The van der Waals surface area contributed by atoms with E-state index < -0.39 is 0 Å². The van der Waals surface area contributed by atoms with Crippen LogP contribution >= 0.6 is 0 Å². The molecule has 1 aromatic heterocycles. The second-order valence-electron chi connectivity index (χ2n) is 4.66. The van der Waals surface area contributed by atoms with Crippen LogP contribution in [0.5, 0.6) is 0 Å². The minimum atomic E-state index is -0.0733. The number of hydrogen-bond donors (Lipinski definition) is 2. The average molecular weight is 251 g/mol. The zero-order valence-corrected chi connectivity index (χ0v) is 11.0. The molecule has 1 atom stereocenters. The summed E-state index contributed by atoms with van der Waals surface area (Å²) in [5.74, 6) is 0.0718. The number of carbonyl (C=O) groups excluding carboxylic acids is 1. The van der Waals surface area contributed by atoms with Gasteiger partial charge in [-0.05, 0) is 13.0 Å². The van der Waals surface area contributed by atoms with E-state index in [9.17, 15) is 4.79 Å². The van der Waals surface area contributed by atoms with E-state index in [2.05, 4.69) is 20.6 Å². The Morgan fingerprint density at radius 2 is 2.28 bits per heavy atom. The van der Waals surface area contributed by atoms with E-state index in [1.807, 2.05) is 26.2 Å². The van der Waals surface area contributed by atoms with Crippen molar-refractivity contribution in [1.82, 2.24) is 25.3 Å². The first-order valence-electron chi connectivity index (χ1n) is 6.38. The lowest BCUT2D eigenvalue weighted by Crippen LogP contribution is -2.52. The van der Waals surface area contributed by atoms with E-state index in [0.717, 1.165) is 31.9 Å². The molecule has 100 valence electrons. The SMILES string of the molecule is CC(C(=O)NCc1ccn(C)n1)N1CCNCC1. The second kappa shape index (κ2) is 5.97. The summed E-state index contributed by atoms with van der Waals surface area (Å²) >= 11 is 0. The quantitative estimate of drug-likeness (QED) is 0.745. The summed E-state index contributed by atoms with van der Waals surface area (Å²) in [4.78, 5) is 14.2. The smallest absolute Gasteiger partial charge is 0.237 e. The molecule has 1 aromatic rings. The van der Waals surface area contributed by atoms with E-state index in [4.69, 9.17) is 0 Å². The third-order valence-electron chi connectivity index (χ3n) is 3.29. The highest BCUT2D eigenvalue weighted by Gasteiger charge is 2.22. The molecule has 0 radical (unpaired) electrons. The van der Waals surface area contributed by atoms with Crippen molar-refractivity contribution in [3.8, 4) is 0 Å². The van der Waals surface area contributed by atoms with Gasteiger partial charge in [0.1, 0.15) is 0 Å². The molecule has 1 amide bonds. The lowest BCUT2D eigenvalue weighted by atomic mass is 10.2. The number of amides is 1. The van der Waals surface area contributed by atoms with E-state index >= 15 is 0 Å². The van der Waals surface area contributed by atoms with Gasteiger partial charge in [-0.1, -0.05) is 0 Å². The maximum atomic E-state index is 12.0. The Bertz CT molecular complexity index is 397. The lowest BCUT2D eigenvalue weighted by Gasteiger charge is -2.31. The molecule has 0 saturated carbocycles. The van der Waals surface area contributed by atoms with E-state index in [0.29, 0.717) is 6.54 Å². The molecule has 6 nitrogen and oxygen atoms in total. The summed E-state index contributed by atoms with van der Waals surface area (Å²) in [7, 11) is 1.87. The van der Waals surface area contributed by atoms with Crippen molar-refractivity contribution < 1.29 is 4.79 Å². The minimum Gasteiger partial charge on any atom is -0.349 e. The lowest BCUT2D eigenvalue weighted by molar-refractivity contribution is -0.126. The summed E-state index contributed by atoms with van der Waals surface area (Å²) in [6, 6.07) is 1.84. The van der Waals surface area contributed by atoms with Crippen LogP contribution in [0.4, 0.5) is 0 Å². The van der Waals surface area contributed by atoms with Crippen molar-refractivity contribution in [2.75, 3.05) is 26.2 Å². The first kappa shape index (κ1) is 13.0. The molecule has 0 aromatic carbocycles. The van der Waals surface area contributed by atoms with Gasteiger partial charge in [-0.2, -0.15) is 5.10 Å². The molecule has 18 heavy (non-hydrogen) atoms.